The maximum atomic E-state index is 15.4. The van der Waals surface area contributed by atoms with Crippen LogP contribution in [-0.2, 0) is 29.2 Å². The Balaban J connectivity index is 1.74. The molecule has 0 aromatic heterocycles. The second-order valence-electron chi connectivity index (χ2n) is 9.71. The van der Waals surface area contributed by atoms with Crippen molar-refractivity contribution in [2.24, 2.45) is 5.92 Å². The third-order valence-electron chi connectivity index (χ3n) is 7.45. The van der Waals surface area contributed by atoms with Crippen molar-refractivity contribution in [1.29, 1.82) is 0 Å². The van der Waals surface area contributed by atoms with Crippen LogP contribution in [0.2, 0.25) is 5.02 Å². The molecule has 2 aromatic carbocycles. The van der Waals surface area contributed by atoms with E-state index in [0.29, 0.717) is 5.02 Å². The molecule has 1 fully saturated rings. The van der Waals surface area contributed by atoms with E-state index >= 15 is 4.39 Å². The summed E-state index contributed by atoms with van der Waals surface area (Å²) in [6.45, 7) is 1.20. The van der Waals surface area contributed by atoms with E-state index in [4.69, 9.17) is 21.1 Å². The lowest BCUT2D eigenvalue weighted by atomic mass is 9.75. The summed E-state index contributed by atoms with van der Waals surface area (Å²) in [7, 11) is -6.40. The highest BCUT2D eigenvalue weighted by Gasteiger charge is 2.61. The number of benzene rings is 2. The van der Waals surface area contributed by atoms with E-state index < -0.39 is 65.6 Å². The van der Waals surface area contributed by atoms with Crippen LogP contribution in [0.1, 0.15) is 25.3 Å². The highest BCUT2D eigenvalue weighted by Crippen LogP contribution is 2.55. The Kier molecular flexibility index (Phi) is 8.42. The lowest BCUT2D eigenvalue weighted by molar-refractivity contribution is -0.0732. The second kappa shape index (κ2) is 11.0. The molecule has 0 aliphatic carbocycles. The van der Waals surface area contributed by atoms with Gasteiger partial charge in [-0.3, -0.25) is 4.90 Å². The van der Waals surface area contributed by atoms with Gasteiger partial charge in [-0.05, 0) is 63.2 Å². The zero-order chi connectivity index (χ0) is 27.9. The van der Waals surface area contributed by atoms with E-state index in [1.54, 1.807) is 7.05 Å². The molecule has 0 bridgehead atoms. The molecule has 38 heavy (non-hydrogen) atoms. The van der Waals surface area contributed by atoms with Gasteiger partial charge >= 0.3 is 0 Å². The van der Waals surface area contributed by atoms with Gasteiger partial charge in [0.1, 0.15) is 16.8 Å². The Morgan fingerprint density at radius 1 is 1.11 bits per heavy atom. The summed E-state index contributed by atoms with van der Waals surface area (Å²) in [5, 5.41) is 9.90. The van der Waals surface area contributed by atoms with Crippen LogP contribution in [0.4, 0.5) is 8.78 Å². The van der Waals surface area contributed by atoms with Gasteiger partial charge in [-0.25, -0.2) is 25.6 Å². The number of aliphatic hydroxyl groups excluding tert-OH is 1. The number of hydrogen-bond acceptors (Lipinski definition) is 8. The maximum absolute atomic E-state index is 15.4. The monoisotopic (exact) mass is 593 g/mol. The van der Waals surface area contributed by atoms with E-state index in [1.807, 2.05) is 0 Å². The Morgan fingerprint density at radius 2 is 1.76 bits per heavy atom. The molecule has 8 nitrogen and oxygen atoms in total. The zero-order valence-corrected chi connectivity index (χ0v) is 23.3. The van der Waals surface area contributed by atoms with Crippen LogP contribution in [0.3, 0.4) is 0 Å². The third-order valence-corrected chi connectivity index (χ3v) is 11.9. The van der Waals surface area contributed by atoms with Gasteiger partial charge in [0.2, 0.25) is 0 Å². The summed E-state index contributed by atoms with van der Waals surface area (Å²) < 4.78 is 93.8. The van der Waals surface area contributed by atoms with E-state index in [-0.39, 0.29) is 49.0 Å². The van der Waals surface area contributed by atoms with Crippen molar-refractivity contribution in [1.82, 2.24) is 4.90 Å². The molecule has 0 spiro atoms. The minimum absolute atomic E-state index is 0.0705. The predicted molar refractivity (Wildman–Crippen MR) is 138 cm³/mol. The summed E-state index contributed by atoms with van der Waals surface area (Å²) in [5.41, 5.74) is -0.404. The first-order chi connectivity index (χ1) is 17.8. The van der Waals surface area contributed by atoms with Gasteiger partial charge in [0.25, 0.3) is 0 Å². The van der Waals surface area contributed by atoms with Crippen LogP contribution >= 0.6 is 11.6 Å². The highest BCUT2D eigenvalue weighted by molar-refractivity contribution is 7.92. The summed E-state index contributed by atoms with van der Waals surface area (Å²) in [4.78, 5) is 1.35. The number of hydrogen-bond donors (Lipinski definition) is 1. The van der Waals surface area contributed by atoms with E-state index in [1.165, 1.54) is 36.1 Å². The molecular formula is C25H30ClF2NO7S2. The Labute approximate surface area is 226 Å². The normalized spacial score (nSPS) is 24.4. The van der Waals surface area contributed by atoms with Crippen molar-refractivity contribution in [3.63, 3.8) is 0 Å². The van der Waals surface area contributed by atoms with Gasteiger partial charge < -0.3 is 14.6 Å². The van der Waals surface area contributed by atoms with E-state index in [9.17, 15) is 26.3 Å². The van der Waals surface area contributed by atoms with Gasteiger partial charge in [0.15, 0.2) is 31.2 Å². The van der Waals surface area contributed by atoms with Gasteiger partial charge in [-0.2, -0.15) is 0 Å². The quantitative estimate of drug-likeness (QED) is 0.442. The minimum atomic E-state index is -4.38. The lowest BCUT2D eigenvalue weighted by Crippen LogP contribution is -2.57. The summed E-state index contributed by atoms with van der Waals surface area (Å²) in [5.74, 6) is -3.85. The van der Waals surface area contributed by atoms with Crippen molar-refractivity contribution >= 4 is 31.3 Å². The minimum Gasteiger partial charge on any atom is -0.490 e. The standard InChI is InChI=1S/C25H30ClF2NO7S2/c1-16(30)29(2)11-14-37(31,32)13-9-22-19-15-36-24-21(28)8-7-20(27)23(24)25(19,10-12-35-22)38(33,34)18-5-3-17(26)4-6-18/h3-8,16,19,22,30H,9-15H2,1-2H3. The molecule has 2 aromatic rings. The van der Waals surface area contributed by atoms with Crippen LogP contribution < -0.4 is 4.74 Å². The SMILES string of the molecule is CC(O)N(C)CCS(=O)(=O)CCC1OCCC2(S(=O)(=O)c3ccc(Cl)cc3)c3c(F)ccc(F)c3OCC12. The fourth-order valence-corrected chi connectivity index (χ4v) is 9.03. The molecule has 0 amide bonds. The first kappa shape index (κ1) is 29.2. The number of aliphatic hydroxyl groups is 1. The summed E-state index contributed by atoms with van der Waals surface area (Å²) in [6, 6.07) is 7.16. The van der Waals surface area contributed by atoms with Crippen molar-refractivity contribution in [2.45, 2.75) is 41.7 Å². The molecule has 2 heterocycles. The van der Waals surface area contributed by atoms with Gasteiger partial charge in [-0.15, -0.1) is 0 Å². The molecule has 210 valence electrons. The first-order valence-corrected chi connectivity index (χ1v) is 15.8. The predicted octanol–water partition coefficient (Wildman–Crippen LogP) is 3.16. The van der Waals surface area contributed by atoms with Crippen LogP contribution in [0, 0.1) is 17.6 Å². The third kappa shape index (κ3) is 5.31. The van der Waals surface area contributed by atoms with Crippen molar-refractivity contribution < 1.29 is 40.2 Å². The Bertz CT molecular complexity index is 1390. The van der Waals surface area contributed by atoms with E-state index in [0.717, 1.165) is 12.1 Å². The molecule has 1 N–H and O–H groups in total. The van der Waals surface area contributed by atoms with E-state index in [2.05, 4.69) is 0 Å². The number of sulfone groups is 2. The molecule has 4 unspecified atom stereocenters. The molecule has 4 atom stereocenters. The van der Waals surface area contributed by atoms with Crippen LogP contribution in [0.25, 0.3) is 0 Å². The number of halogens is 3. The maximum Gasteiger partial charge on any atom is 0.189 e. The second-order valence-corrected chi connectivity index (χ2v) is 14.7. The smallest absolute Gasteiger partial charge is 0.189 e. The molecule has 2 aliphatic heterocycles. The molecule has 2 aliphatic rings. The number of nitrogens with zero attached hydrogens (tertiary/aromatic N) is 1. The topological polar surface area (TPSA) is 110 Å². The van der Waals surface area contributed by atoms with Crippen LogP contribution in [0.5, 0.6) is 5.75 Å². The highest BCUT2D eigenvalue weighted by atomic mass is 35.5. The fourth-order valence-electron chi connectivity index (χ4n) is 5.20. The largest absolute Gasteiger partial charge is 0.490 e. The first-order valence-electron chi connectivity index (χ1n) is 12.1. The number of ether oxygens (including phenoxy) is 2. The van der Waals surface area contributed by atoms with Gasteiger partial charge in [-0.1, -0.05) is 11.6 Å². The average molecular weight is 594 g/mol. The fraction of sp³-hybridized carbons (Fsp3) is 0.520. The Morgan fingerprint density at radius 3 is 2.42 bits per heavy atom. The van der Waals surface area contributed by atoms with Crippen molar-refractivity contribution in [3.05, 3.63) is 58.6 Å². The van der Waals surface area contributed by atoms with Gasteiger partial charge in [0.05, 0.1) is 34.7 Å². The zero-order valence-electron chi connectivity index (χ0n) is 20.9. The van der Waals surface area contributed by atoms with Crippen molar-refractivity contribution in [3.8, 4) is 5.75 Å². The molecule has 1 saturated heterocycles. The van der Waals surface area contributed by atoms with Crippen LogP contribution in [0.15, 0.2) is 41.3 Å². The summed E-state index contributed by atoms with van der Waals surface area (Å²) in [6.07, 6.45) is -1.99. The molecule has 4 rings (SSSR count). The number of rotatable bonds is 9. The molecule has 0 saturated carbocycles. The Hall–Kier alpha value is -1.83. The lowest BCUT2D eigenvalue weighted by Gasteiger charge is -2.50. The van der Waals surface area contributed by atoms with Gasteiger partial charge in [0, 0.05) is 24.1 Å². The molecule has 13 heteroatoms. The van der Waals surface area contributed by atoms with Crippen LogP contribution in [-0.4, -0.2) is 77.5 Å². The molecular weight excluding hydrogens is 564 g/mol. The number of fused-ring (bicyclic) bond motifs is 3. The average Bonchev–Trinajstić information content (AvgIpc) is 2.87. The molecule has 0 radical (unpaired) electrons. The van der Waals surface area contributed by atoms with Crippen molar-refractivity contribution in [2.75, 3.05) is 38.3 Å². The summed E-state index contributed by atoms with van der Waals surface area (Å²) >= 11 is 5.96.